The lowest BCUT2D eigenvalue weighted by Crippen LogP contribution is -2.51. The molecule has 0 atom stereocenters. The minimum Gasteiger partial charge on any atom is -0.350 e. The molecule has 1 amide bonds. The van der Waals surface area contributed by atoms with Crippen molar-refractivity contribution in [1.29, 1.82) is 0 Å². The van der Waals surface area contributed by atoms with Crippen LogP contribution in [0.5, 0.6) is 0 Å². The highest BCUT2D eigenvalue weighted by Crippen LogP contribution is 2.31. The Morgan fingerprint density at radius 1 is 1.23 bits per heavy atom. The van der Waals surface area contributed by atoms with E-state index >= 15 is 0 Å². The van der Waals surface area contributed by atoms with Gasteiger partial charge in [0.1, 0.15) is 0 Å². The molecule has 0 saturated carbocycles. The molecule has 2 aliphatic rings. The van der Waals surface area contributed by atoms with Gasteiger partial charge in [0.2, 0.25) is 0 Å². The Hall–Kier alpha value is -1.99. The summed E-state index contributed by atoms with van der Waals surface area (Å²) < 4.78 is 11.5. The van der Waals surface area contributed by atoms with Crippen LogP contribution in [-0.4, -0.2) is 47.8 Å². The summed E-state index contributed by atoms with van der Waals surface area (Å²) >= 11 is 0. The fourth-order valence-corrected chi connectivity index (χ4v) is 2.89. The largest absolute Gasteiger partial charge is 0.350 e. The van der Waals surface area contributed by atoms with Crippen LogP contribution in [0.1, 0.15) is 29.6 Å². The Labute approximate surface area is 128 Å². The lowest BCUT2D eigenvalue weighted by Gasteiger charge is -2.43. The monoisotopic (exact) mass is 306 g/mol. The molecular formula is C15H18N2O5. The number of non-ortho nitro benzene ring substituents is 1. The molecule has 0 unspecified atom stereocenters. The molecule has 2 aliphatic heterocycles. The first-order valence-corrected chi connectivity index (χ1v) is 7.41. The van der Waals surface area contributed by atoms with E-state index in [0.717, 1.165) is 6.42 Å². The normalized spacial score (nSPS) is 20.8. The highest BCUT2D eigenvalue weighted by atomic mass is 16.7. The van der Waals surface area contributed by atoms with Crippen LogP contribution in [0.3, 0.4) is 0 Å². The molecule has 0 radical (unpaired) electrons. The van der Waals surface area contributed by atoms with Crippen LogP contribution < -0.4 is 0 Å². The van der Waals surface area contributed by atoms with Crippen LogP contribution in [0.25, 0.3) is 0 Å². The SMILES string of the molecule is O=C(c1cccc([N+](=O)[O-])c1)N1CCC2(CC1)OCCCO2. The molecule has 0 bridgehead atoms. The maximum absolute atomic E-state index is 12.5. The summed E-state index contributed by atoms with van der Waals surface area (Å²) in [6.07, 6.45) is 2.17. The summed E-state index contributed by atoms with van der Waals surface area (Å²) in [5.41, 5.74) is 0.272. The first-order valence-electron chi connectivity index (χ1n) is 7.41. The molecule has 1 aromatic carbocycles. The zero-order valence-corrected chi connectivity index (χ0v) is 12.2. The summed E-state index contributed by atoms with van der Waals surface area (Å²) in [6, 6.07) is 5.84. The van der Waals surface area contributed by atoms with Gasteiger partial charge >= 0.3 is 0 Å². The van der Waals surface area contributed by atoms with Crippen LogP contribution in [0, 0.1) is 10.1 Å². The lowest BCUT2D eigenvalue weighted by molar-refractivity contribution is -0.384. The zero-order valence-electron chi connectivity index (χ0n) is 12.2. The second-order valence-corrected chi connectivity index (χ2v) is 5.56. The second-order valence-electron chi connectivity index (χ2n) is 5.56. The second kappa shape index (κ2) is 6.02. The van der Waals surface area contributed by atoms with E-state index in [1.54, 1.807) is 11.0 Å². The molecule has 1 spiro atoms. The van der Waals surface area contributed by atoms with E-state index in [2.05, 4.69) is 0 Å². The van der Waals surface area contributed by atoms with Gasteiger partial charge < -0.3 is 14.4 Å². The molecule has 2 heterocycles. The van der Waals surface area contributed by atoms with Gasteiger partial charge in [0.05, 0.1) is 18.1 Å². The van der Waals surface area contributed by atoms with Gasteiger partial charge in [-0.25, -0.2) is 0 Å². The maximum atomic E-state index is 12.5. The topological polar surface area (TPSA) is 81.9 Å². The van der Waals surface area contributed by atoms with Gasteiger partial charge in [0.15, 0.2) is 5.79 Å². The summed E-state index contributed by atoms with van der Waals surface area (Å²) in [4.78, 5) is 24.5. The molecule has 2 fully saturated rings. The van der Waals surface area contributed by atoms with Crippen molar-refractivity contribution in [3.63, 3.8) is 0 Å². The van der Waals surface area contributed by atoms with Gasteiger partial charge in [-0.2, -0.15) is 0 Å². The number of nitro groups is 1. The van der Waals surface area contributed by atoms with Gasteiger partial charge in [-0.15, -0.1) is 0 Å². The highest BCUT2D eigenvalue weighted by molar-refractivity contribution is 5.94. The van der Waals surface area contributed by atoms with Gasteiger partial charge in [-0.1, -0.05) is 6.07 Å². The Morgan fingerprint density at radius 3 is 2.55 bits per heavy atom. The number of carbonyl (C=O) groups excluding carboxylic acids is 1. The average Bonchev–Trinajstić information content (AvgIpc) is 2.56. The van der Waals surface area contributed by atoms with Gasteiger partial charge in [-0.3, -0.25) is 14.9 Å². The van der Waals surface area contributed by atoms with Crippen molar-refractivity contribution in [3.8, 4) is 0 Å². The fraction of sp³-hybridized carbons (Fsp3) is 0.533. The van der Waals surface area contributed by atoms with E-state index in [9.17, 15) is 14.9 Å². The average molecular weight is 306 g/mol. The van der Waals surface area contributed by atoms with Crippen LogP contribution in [0.15, 0.2) is 24.3 Å². The smallest absolute Gasteiger partial charge is 0.270 e. The Balaban J connectivity index is 1.67. The molecule has 7 heteroatoms. The number of rotatable bonds is 2. The standard InChI is InChI=1S/C15H18N2O5/c18-14(12-3-1-4-13(11-12)17(19)20)16-7-5-15(6-8-16)21-9-2-10-22-15/h1,3-4,11H,2,5-10H2. The summed E-state index contributed by atoms with van der Waals surface area (Å²) in [5.74, 6) is -0.730. The number of benzene rings is 1. The minimum absolute atomic E-state index is 0.0710. The lowest BCUT2D eigenvalue weighted by atomic mass is 10.0. The Morgan fingerprint density at radius 2 is 1.91 bits per heavy atom. The first kappa shape index (κ1) is 14.9. The van der Waals surface area contributed by atoms with Crippen molar-refractivity contribution in [2.45, 2.75) is 25.0 Å². The van der Waals surface area contributed by atoms with E-state index in [0.29, 0.717) is 44.7 Å². The fourth-order valence-electron chi connectivity index (χ4n) is 2.89. The Kier molecular flexibility index (Phi) is 4.08. The van der Waals surface area contributed by atoms with Crippen molar-refractivity contribution in [2.24, 2.45) is 0 Å². The number of piperidine rings is 1. The molecule has 0 aliphatic carbocycles. The number of carbonyl (C=O) groups is 1. The van der Waals surface area contributed by atoms with Crippen LogP contribution in [0.4, 0.5) is 5.69 Å². The molecule has 118 valence electrons. The van der Waals surface area contributed by atoms with Gasteiger partial charge in [-0.05, 0) is 12.5 Å². The quantitative estimate of drug-likeness (QED) is 0.616. The number of amides is 1. The summed E-state index contributed by atoms with van der Waals surface area (Å²) in [7, 11) is 0. The molecule has 22 heavy (non-hydrogen) atoms. The van der Waals surface area contributed by atoms with Crippen LogP contribution >= 0.6 is 0 Å². The van der Waals surface area contributed by atoms with E-state index in [4.69, 9.17) is 9.47 Å². The third-order valence-electron chi connectivity index (χ3n) is 4.14. The molecule has 2 saturated heterocycles. The van der Waals surface area contributed by atoms with Crippen molar-refractivity contribution in [2.75, 3.05) is 26.3 Å². The minimum atomic E-state index is -0.544. The molecule has 7 nitrogen and oxygen atoms in total. The molecule has 1 aromatic rings. The van der Waals surface area contributed by atoms with E-state index < -0.39 is 10.7 Å². The summed E-state index contributed by atoms with van der Waals surface area (Å²) in [5, 5.41) is 10.8. The molecule has 0 N–H and O–H groups in total. The number of nitro benzene ring substituents is 1. The van der Waals surface area contributed by atoms with E-state index in [1.165, 1.54) is 18.2 Å². The highest BCUT2D eigenvalue weighted by Gasteiger charge is 2.39. The van der Waals surface area contributed by atoms with E-state index in [-0.39, 0.29) is 11.6 Å². The predicted octanol–water partition coefficient (Wildman–Crippen LogP) is 1.96. The number of ether oxygens (including phenoxy) is 2. The third-order valence-corrected chi connectivity index (χ3v) is 4.14. The van der Waals surface area contributed by atoms with Crippen LogP contribution in [-0.2, 0) is 9.47 Å². The number of likely N-dealkylation sites (tertiary alicyclic amines) is 1. The molecular weight excluding hydrogens is 288 g/mol. The van der Waals surface area contributed by atoms with Crippen LogP contribution in [0.2, 0.25) is 0 Å². The van der Waals surface area contributed by atoms with Crippen molar-refractivity contribution in [1.82, 2.24) is 4.90 Å². The number of hydrogen-bond donors (Lipinski definition) is 0. The summed E-state index contributed by atoms with van der Waals surface area (Å²) in [6.45, 7) is 2.45. The first-order chi connectivity index (χ1) is 10.6. The van der Waals surface area contributed by atoms with Gasteiger partial charge in [0.25, 0.3) is 11.6 Å². The molecule has 0 aromatic heterocycles. The number of hydrogen-bond acceptors (Lipinski definition) is 5. The van der Waals surface area contributed by atoms with Crippen molar-refractivity contribution in [3.05, 3.63) is 39.9 Å². The molecule has 3 rings (SSSR count). The third kappa shape index (κ3) is 2.95. The van der Waals surface area contributed by atoms with Gasteiger partial charge in [0, 0.05) is 43.6 Å². The predicted molar refractivity (Wildman–Crippen MR) is 77.5 cm³/mol. The maximum Gasteiger partial charge on any atom is 0.270 e. The van der Waals surface area contributed by atoms with Crippen molar-refractivity contribution >= 4 is 11.6 Å². The zero-order chi connectivity index (χ0) is 15.6. The Bertz CT molecular complexity index is 573. The van der Waals surface area contributed by atoms with Crippen molar-refractivity contribution < 1.29 is 19.2 Å². The number of nitrogens with zero attached hydrogens (tertiary/aromatic N) is 2. The van der Waals surface area contributed by atoms with E-state index in [1.807, 2.05) is 0 Å².